The van der Waals surface area contributed by atoms with Crippen molar-refractivity contribution in [3.8, 4) is 0 Å². The first-order valence-corrected chi connectivity index (χ1v) is 3.49. The van der Waals surface area contributed by atoms with Gasteiger partial charge in [-0.15, -0.1) is 19.7 Å². The molecular weight excluding hydrogens is 134 g/mol. The Morgan fingerprint density at radius 1 is 1.00 bits per heavy atom. The summed E-state index contributed by atoms with van der Waals surface area (Å²) in [6.07, 6.45) is 6.46. The fraction of sp³-hybridized carbons (Fsp3) is 0.400. The second-order valence-corrected chi connectivity index (χ2v) is 1.51. The van der Waals surface area contributed by atoms with Gasteiger partial charge in [-0.2, -0.15) is 0 Å². The first kappa shape index (κ1) is 22.5. The molecule has 0 saturated carbocycles. The third-order valence-corrected chi connectivity index (χ3v) is 0.289. The number of hydrogen-bond donors (Lipinski definition) is 1. The van der Waals surface area contributed by atoms with Crippen LogP contribution < -0.4 is 6.15 Å². The van der Waals surface area contributed by atoms with E-state index < -0.39 is 0 Å². The van der Waals surface area contributed by atoms with Crippen molar-refractivity contribution in [3.05, 3.63) is 38.0 Å². The SMILES string of the molecule is C=CC.C=CC.C=CCC.N. The molecule has 0 aliphatic carbocycles. The van der Waals surface area contributed by atoms with E-state index in [-0.39, 0.29) is 6.15 Å². The third kappa shape index (κ3) is 14600. The van der Waals surface area contributed by atoms with E-state index in [0.29, 0.717) is 0 Å². The summed E-state index contributed by atoms with van der Waals surface area (Å²) in [6, 6.07) is 0. The van der Waals surface area contributed by atoms with E-state index in [9.17, 15) is 0 Å². The van der Waals surface area contributed by atoms with Gasteiger partial charge >= 0.3 is 0 Å². The van der Waals surface area contributed by atoms with Crippen molar-refractivity contribution in [2.75, 3.05) is 0 Å². The third-order valence-electron chi connectivity index (χ3n) is 0.289. The van der Waals surface area contributed by atoms with Crippen molar-refractivity contribution in [2.24, 2.45) is 0 Å². The van der Waals surface area contributed by atoms with Crippen LogP contribution in [0.25, 0.3) is 0 Å². The van der Waals surface area contributed by atoms with Gasteiger partial charge in [-0.05, 0) is 20.3 Å². The first-order chi connectivity index (χ1) is 4.74. The van der Waals surface area contributed by atoms with Crippen molar-refractivity contribution >= 4 is 0 Å². The van der Waals surface area contributed by atoms with Gasteiger partial charge in [-0.25, -0.2) is 0 Å². The minimum Gasteiger partial charge on any atom is -0.344 e. The zero-order valence-electron chi connectivity index (χ0n) is 8.27. The molecule has 0 amide bonds. The van der Waals surface area contributed by atoms with Gasteiger partial charge in [-0.3, -0.25) is 0 Å². The van der Waals surface area contributed by atoms with E-state index in [1.165, 1.54) is 0 Å². The topological polar surface area (TPSA) is 35.0 Å². The smallest absolute Gasteiger partial charge is 0.0382 e. The van der Waals surface area contributed by atoms with Crippen LogP contribution in [0.1, 0.15) is 27.2 Å². The summed E-state index contributed by atoms with van der Waals surface area (Å²) in [4.78, 5) is 0. The van der Waals surface area contributed by atoms with Crippen LogP contribution in [0, 0.1) is 0 Å². The average molecular weight is 157 g/mol. The molecule has 1 heteroatoms. The van der Waals surface area contributed by atoms with Crippen molar-refractivity contribution in [3.63, 3.8) is 0 Å². The molecule has 68 valence electrons. The lowest BCUT2D eigenvalue weighted by molar-refractivity contribution is 1.23. The first-order valence-electron chi connectivity index (χ1n) is 3.49. The highest BCUT2D eigenvalue weighted by Crippen LogP contribution is 1.66. The molecule has 0 aliphatic rings. The molecule has 0 rings (SSSR count). The molecule has 3 N–H and O–H groups in total. The molecule has 0 radical (unpaired) electrons. The largest absolute Gasteiger partial charge is 0.344 e. The Labute approximate surface area is 72.1 Å². The van der Waals surface area contributed by atoms with Gasteiger partial charge in [0, 0.05) is 0 Å². The van der Waals surface area contributed by atoms with Crippen molar-refractivity contribution < 1.29 is 0 Å². The van der Waals surface area contributed by atoms with E-state index in [1.54, 1.807) is 12.2 Å². The van der Waals surface area contributed by atoms with Gasteiger partial charge in [0.1, 0.15) is 0 Å². The van der Waals surface area contributed by atoms with Gasteiger partial charge in [0.25, 0.3) is 0 Å². The molecule has 0 unspecified atom stereocenters. The minimum atomic E-state index is 0. The number of hydrogen-bond acceptors (Lipinski definition) is 1. The monoisotopic (exact) mass is 157 g/mol. The second kappa shape index (κ2) is 60.7. The average Bonchev–Trinajstić information content (AvgIpc) is 1.91. The van der Waals surface area contributed by atoms with Crippen LogP contribution in [0.5, 0.6) is 0 Å². The van der Waals surface area contributed by atoms with E-state index in [1.807, 2.05) is 19.9 Å². The predicted octanol–water partition coefficient (Wildman–Crippen LogP) is 4.13. The summed E-state index contributed by atoms with van der Waals surface area (Å²) in [5.41, 5.74) is 0. The zero-order chi connectivity index (χ0) is 8.83. The molecule has 0 heterocycles. The summed E-state index contributed by atoms with van der Waals surface area (Å²) >= 11 is 0. The molecule has 11 heavy (non-hydrogen) atoms. The number of allylic oxidation sites excluding steroid dienone is 3. The lowest BCUT2D eigenvalue weighted by Crippen LogP contribution is -1.36. The van der Waals surface area contributed by atoms with Crippen LogP contribution in [0.2, 0.25) is 0 Å². The maximum atomic E-state index is 3.48. The molecule has 0 saturated heterocycles. The summed E-state index contributed by atoms with van der Waals surface area (Å²) in [5.74, 6) is 0. The highest BCUT2D eigenvalue weighted by Gasteiger charge is 1.45. The Kier molecular flexibility index (Phi) is 124. The molecule has 0 aromatic carbocycles. The van der Waals surface area contributed by atoms with Crippen LogP contribution >= 0.6 is 0 Å². The van der Waals surface area contributed by atoms with E-state index >= 15 is 0 Å². The van der Waals surface area contributed by atoms with Gasteiger partial charge in [0.05, 0.1) is 0 Å². The maximum absolute atomic E-state index is 3.48. The van der Waals surface area contributed by atoms with Crippen molar-refractivity contribution in [1.29, 1.82) is 0 Å². The van der Waals surface area contributed by atoms with Gasteiger partial charge < -0.3 is 6.15 Å². The molecule has 0 aromatic heterocycles. The van der Waals surface area contributed by atoms with Crippen LogP contribution in [0.3, 0.4) is 0 Å². The summed E-state index contributed by atoms with van der Waals surface area (Å²) in [7, 11) is 0. The van der Waals surface area contributed by atoms with Crippen LogP contribution in [-0.2, 0) is 0 Å². The van der Waals surface area contributed by atoms with Crippen molar-refractivity contribution in [2.45, 2.75) is 27.2 Å². The van der Waals surface area contributed by atoms with Gasteiger partial charge in [0.15, 0.2) is 0 Å². The predicted molar refractivity (Wildman–Crippen MR) is 57.3 cm³/mol. The Bertz CT molecular complexity index is 59.3. The lowest BCUT2D eigenvalue weighted by Gasteiger charge is -1.57. The second-order valence-electron chi connectivity index (χ2n) is 1.51. The Hall–Kier alpha value is -0.820. The Morgan fingerprint density at radius 2 is 1.09 bits per heavy atom. The van der Waals surface area contributed by atoms with Gasteiger partial charge in [0.2, 0.25) is 0 Å². The molecular formula is C10H23N. The van der Waals surface area contributed by atoms with Crippen LogP contribution in [0.4, 0.5) is 0 Å². The van der Waals surface area contributed by atoms with E-state index in [2.05, 4.69) is 26.7 Å². The molecule has 0 atom stereocenters. The van der Waals surface area contributed by atoms with Crippen LogP contribution in [0.15, 0.2) is 38.0 Å². The number of rotatable bonds is 1. The van der Waals surface area contributed by atoms with E-state index in [0.717, 1.165) is 6.42 Å². The molecule has 0 aromatic rings. The quantitative estimate of drug-likeness (QED) is 0.571. The molecule has 0 fully saturated rings. The van der Waals surface area contributed by atoms with Gasteiger partial charge in [-0.1, -0.05) is 25.2 Å². The summed E-state index contributed by atoms with van der Waals surface area (Å²) in [5, 5.41) is 0. The van der Waals surface area contributed by atoms with E-state index in [4.69, 9.17) is 0 Å². The molecule has 0 bridgehead atoms. The standard InChI is InChI=1S/C4H8.2C3H6.H3N/c1-3-4-2;2*1-3-2;/h3H,1,4H2,2H3;2*3H,1H2,2H3;1H3. The molecule has 0 aliphatic heterocycles. The Balaban J connectivity index is -0.0000000325. The highest BCUT2D eigenvalue weighted by atomic mass is 14.0. The Morgan fingerprint density at radius 3 is 1.09 bits per heavy atom. The van der Waals surface area contributed by atoms with Crippen LogP contribution in [-0.4, -0.2) is 0 Å². The fourth-order valence-electron chi connectivity index (χ4n) is 0. The molecule has 0 spiro atoms. The van der Waals surface area contributed by atoms with Crippen molar-refractivity contribution in [1.82, 2.24) is 6.15 Å². The highest BCUT2D eigenvalue weighted by molar-refractivity contribution is 4.60. The minimum absolute atomic E-state index is 0. The summed E-state index contributed by atoms with van der Waals surface area (Å²) < 4.78 is 0. The molecule has 1 nitrogen and oxygen atoms in total. The normalized spacial score (nSPS) is 4.64. The fourth-order valence-corrected chi connectivity index (χ4v) is 0. The lowest BCUT2D eigenvalue weighted by atomic mass is 10.5. The maximum Gasteiger partial charge on any atom is -0.0382 e. The zero-order valence-corrected chi connectivity index (χ0v) is 8.27. The summed E-state index contributed by atoms with van der Waals surface area (Å²) in [6.45, 7) is 16.0.